The Morgan fingerprint density at radius 2 is 1.18 bits per heavy atom. The number of hydrogen-bond donors (Lipinski definition) is 0. The number of amides is 1. The van der Waals surface area contributed by atoms with Crippen molar-refractivity contribution in [3.8, 4) is 5.75 Å². The van der Waals surface area contributed by atoms with E-state index >= 15 is 0 Å². The summed E-state index contributed by atoms with van der Waals surface area (Å²) in [7, 11) is 1.67. The number of rotatable bonds is 16. The Balaban J connectivity index is 2.28. The molecule has 3 rings (SSSR count). The van der Waals surface area contributed by atoms with Gasteiger partial charge in [-0.25, -0.2) is 0 Å². The van der Waals surface area contributed by atoms with Crippen molar-refractivity contribution in [1.82, 2.24) is 4.90 Å². The van der Waals surface area contributed by atoms with Crippen LogP contribution in [0.1, 0.15) is 97.8 Å². The second-order valence-electron chi connectivity index (χ2n) is 11.0. The van der Waals surface area contributed by atoms with E-state index in [1.54, 1.807) is 7.11 Å². The molecule has 0 saturated heterocycles. The molecule has 0 unspecified atom stereocenters. The third-order valence-electron chi connectivity index (χ3n) is 8.33. The summed E-state index contributed by atoms with van der Waals surface area (Å²) in [6.07, 6.45) is 7.41. The SMILES string of the molecule is CCC[CH2][Sn]([CH2]CCC)([CH2]CCC)[C@@H](c1ccccc1)N(C(=O)c1ccc(OC)cc1)[C@@H](C)c1ccccc1. The summed E-state index contributed by atoms with van der Waals surface area (Å²) in [6.45, 7) is 9.20. The van der Waals surface area contributed by atoms with Gasteiger partial charge < -0.3 is 0 Å². The van der Waals surface area contributed by atoms with Gasteiger partial charge in [0, 0.05) is 0 Å². The number of nitrogens with zero attached hydrogens (tertiary/aromatic N) is 1. The van der Waals surface area contributed by atoms with Crippen LogP contribution in [0, 0.1) is 0 Å². The molecule has 0 aromatic heterocycles. The fourth-order valence-electron chi connectivity index (χ4n) is 6.11. The van der Waals surface area contributed by atoms with E-state index < -0.39 is 18.4 Å². The topological polar surface area (TPSA) is 29.5 Å². The van der Waals surface area contributed by atoms with E-state index in [1.165, 1.54) is 63.0 Å². The zero-order valence-corrected chi connectivity index (χ0v) is 27.7. The number of ether oxygens (including phenoxy) is 1. The van der Waals surface area contributed by atoms with Gasteiger partial charge in [-0.3, -0.25) is 0 Å². The van der Waals surface area contributed by atoms with Crippen LogP contribution in [0.5, 0.6) is 5.75 Å². The van der Waals surface area contributed by atoms with Crippen LogP contribution in [0.15, 0.2) is 84.9 Å². The Hall–Kier alpha value is -2.27. The molecular weight excluding hydrogens is 585 g/mol. The maximum absolute atomic E-state index is 14.8. The van der Waals surface area contributed by atoms with Crippen LogP contribution in [0.2, 0.25) is 13.3 Å². The van der Waals surface area contributed by atoms with Crippen LogP contribution in [0.25, 0.3) is 0 Å². The van der Waals surface area contributed by atoms with Gasteiger partial charge in [0.2, 0.25) is 0 Å². The molecule has 0 aliphatic heterocycles. The molecule has 2 atom stereocenters. The summed E-state index contributed by atoms with van der Waals surface area (Å²) in [5.41, 5.74) is 3.27. The molecule has 0 saturated carbocycles. The zero-order chi connectivity index (χ0) is 28.1. The Kier molecular flexibility index (Phi) is 12.9. The van der Waals surface area contributed by atoms with Crippen molar-refractivity contribution in [2.24, 2.45) is 0 Å². The standard InChI is InChI=1S/C23H22NO2.3C4H9.Sn/c1-18(20-11-7-4-8-12-20)24(17-19-9-5-3-6-10-19)23(25)21-13-15-22(26-2)16-14-21;3*1-3-4-2;/h3-18H,1-2H3;3*1,3-4H2,2H3;/t18-;;;;/m0..../s1. The molecule has 0 aliphatic rings. The van der Waals surface area contributed by atoms with Crippen molar-refractivity contribution in [3.63, 3.8) is 0 Å². The second kappa shape index (κ2) is 16.1. The summed E-state index contributed by atoms with van der Waals surface area (Å²) in [5.74, 6) is 0.907. The van der Waals surface area contributed by atoms with E-state index in [0.29, 0.717) is 0 Å². The summed E-state index contributed by atoms with van der Waals surface area (Å²) in [4.78, 5) is 17.1. The molecule has 3 nitrogen and oxygen atoms in total. The number of unbranched alkanes of at least 4 members (excludes halogenated alkanes) is 3. The van der Waals surface area contributed by atoms with Crippen molar-refractivity contribution in [2.75, 3.05) is 7.11 Å². The quantitative estimate of drug-likeness (QED) is 0.147. The molecule has 210 valence electrons. The van der Waals surface area contributed by atoms with Crippen LogP contribution in [-0.4, -0.2) is 36.3 Å². The first-order valence-electron chi connectivity index (χ1n) is 15.1. The van der Waals surface area contributed by atoms with E-state index in [4.69, 9.17) is 4.74 Å². The molecule has 0 radical (unpaired) electrons. The fourth-order valence-corrected chi connectivity index (χ4v) is 24.9. The van der Waals surface area contributed by atoms with Crippen molar-refractivity contribution in [1.29, 1.82) is 0 Å². The number of carbonyl (C=O) groups excluding carboxylic acids is 1. The molecule has 3 aromatic rings. The zero-order valence-electron chi connectivity index (χ0n) is 24.9. The van der Waals surface area contributed by atoms with Gasteiger partial charge in [0.25, 0.3) is 0 Å². The van der Waals surface area contributed by atoms with E-state index in [1.807, 2.05) is 24.3 Å². The normalized spacial score (nSPS) is 13.1. The van der Waals surface area contributed by atoms with Gasteiger partial charge in [-0.1, -0.05) is 0 Å². The van der Waals surface area contributed by atoms with Gasteiger partial charge in [-0.05, 0) is 0 Å². The van der Waals surface area contributed by atoms with Crippen LogP contribution in [0.4, 0.5) is 0 Å². The molecule has 1 amide bonds. The van der Waals surface area contributed by atoms with Crippen LogP contribution >= 0.6 is 0 Å². The van der Waals surface area contributed by atoms with Crippen molar-refractivity contribution in [3.05, 3.63) is 102 Å². The van der Waals surface area contributed by atoms with Gasteiger partial charge in [-0.2, -0.15) is 0 Å². The first kappa shape index (κ1) is 31.3. The third-order valence-corrected chi connectivity index (χ3v) is 24.9. The number of carbonyl (C=O) groups is 1. The van der Waals surface area contributed by atoms with Gasteiger partial charge in [-0.15, -0.1) is 0 Å². The molecule has 0 heterocycles. The van der Waals surface area contributed by atoms with Gasteiger partial charge >= 0.3 is 243 Å². The van der Waals surface area contributed by atoms with E-state index in [9.17, 15) is 4.79 Å². The molecule has 39 heavy (non-hydrogen) atoms. The summed E-state index contributed by atoms with van der Waals surface area (Å²) in [6, 6.07) is 29.3. The summed E-state index contributed by atoms with van der Waals surface area (Å²) >= 11 is -3.05. The van der Waals surface area contributed by atoms with E-state index in [-0.39, 0.29) is 16.0 Å². The van der Waals surface area contributed by atoms with Crippen molar-refractivity contribution in [2.45, 2.75) is 89.6 Å². The fraction of sp³-hybridized carbons (Fsp3) is 0.457. The van der Waals surface area contributed by atoms with Gasteiger partial charge in [0.05, 0.1) is 0 Å². The van der Waals surface area contributed by atoms with Gasteiger partial charge in [0.1, 0.15) is 0 Å². The second-order valence-corrected chi connectivity index (χ2v) is 24.6. The molecule has 0 aliphatic carbocycles. The number of benzene rings is 3. The number of hydrogen-bond acceptors (Lipinski definition) is 2. The first-order chi connectivity index (χ1) is 19.0. The predicted octanol–water partition coefficient (Wildman–Crippen LogP) is 10.0. The average molecular weight is 634 g/mol. The minimum atomic E-state index is -3.05. The van der Waals surface area contributed by atoms with Crippen molar-refractivity contribution < 1.29 is 9.53 Å². The summed E-state index contributed by atoms with van der Waals surface area (Å²) in [5, 5.41) is 0. The van der Waals surface area contributed by atoms with E-state index in [2.05, 4.69) is 93.3 Å². The monoisotopic (exact) mass is 635 g/mol. The average Bonchev–Trinajstić information content (AvgIpc) is 3.00. The van der Waals surface area contributed by atoms with Crippen molar-refractivity contribution >= 4 is 24.3 Å². The molecule has 0 N–H and O–H groups in total. The first-order valence-corrected chi connectivity index (χ1v) is 22.8. The third kappa shape index (κ3) is 8.13. The molecular formula is C35H49NO2Sn. The molecule has 0 fully saturated rings. The van der Waals surface area contributed by atoms with Crippen LogP contribution in [-0.2, 0) is 0 Å². The molecule has 3 aromatic carbocycles. The Labute approximate surface area is 241 Å². The summed E-state index contributed by atoms with van der Waals surface area (Å²) < 4.78 is 9.59. The Morgan fingerprint density at radius 3 is 1.62 bits per heavy atom. The number of methoxy groups -OCH3 is 1. The molecule has 4 heteroatoms. The van der Waals surface area contributed by atoms with Crippen LogP contribution in [0.3, 0.4) is 0 Å². The Bertz CT molecular complexity index is 1080. The van der Waals surface area contributed by atoms with E-state index in [0.717, 1.165) is 11.3 Å². The maximum atomic E-state index is 14.8. The van der Waals surface area contributed by atoms with Gasteiger partial charge in [0.15, 0.2) is 0 Å². The Morgan fingerprint density at radius 1 is 0.718 bits per heavy atom. The predicted molar refractivity (Wildman–Crippen MR) is 168 cm³/mol. The molecule has 0 bridgehead atoms. The minimum absolute atomic E-state index is 0.0352. The van der Waals surface area contributed by atoms with Crippen LogP contribution < -0.4 is 4.74 Å². The molecule has 0 spiro atoms.